The number of para-hydroxylation sites is 1. The van der Waals surface area contributed by atoms with E-state index in [4.69, 9.17) is 11.5 Å². The van der Waals surface area contributed by atoms with Crippen molar-refractivity contribution >= 4 is 11.4 Å². The second kappa shape index (κ2) is 3.66. The molecule has 0 bridgehead atoms. The highest BCUT2D eigenvalue weighted by Gasteiger charge is 2.08. The molecule has 0 unspecified atom stereocenters. The molecule has 0 saturated heterocycles. The summed E-state index contributed by atoms with van der Waals surface area (Å²) < 4.78 is 0. The Morgan fingerprint density at radius 2 is 1.62 bits per heavy atom. The molecule has 0 amide bonds. The van der Waals surface area contributed by atoms with Gasteiger partial charge >= 0.3 is 0 Å². The molecular weight excluding hydrogens is 204 g/mol. The van der Waals surface area contributed by atoms with Crippen LogP contribution in [0.15, 0.2) is 36.4 Å². The Hall–Kier alpha value is -2.36. The van der Waals surface area contributed by atoms with Crippen molar-refractivity contribution in [2.24, 2.45) is 0 Å². The van der Waals surface area contributed by atoms with Crippen LogP contribution in [-0.2, 0) is 0 Å². The first kappa shape index (κ1) is 10.2. The van der Waals surface area contributed by atoms with Crippen LogP contribution in [0.25, 0.3) is 11.1 Å². The summed E-state index contributed by atoms with van der Waals surface area (Å²) in [5.41, 5.74) is 12.9. The molecule has 2 aromatic rings. The average Bonchev–Trinajstić information content (AvgIpc) is 2.26. The van der Waals surface area contributed by atoms with E-state index in [2.05, 4.69) is 0 Å². The molecule has 0 aliphatic rings. The zero-order chi connectivity index (χ0) is 11.7. The molecule has 82 valence electrons. The minimum Gasteiger partial charge on any atom is -0.506 e. The molecule has 6 N–H and O–H groups in total. The lowest BCUT2D eigenvalue weighted by atomic mass is 10.0. The van der Waals surface area contributed by atoms with Gasteiger partial charge in [0.15, 0.2) is 0 Å². The third-order valence-corrected chi connectivity index (χ3v) is 2.41. The van der Waals surface area contributed by atoms with Gasteiger partial charge in [-0.2, -0.15) is 0 Å². The number of hydrogen-bond acceptors (Lipinski definition) is 4. The number of phenols is 2. The van der Waals surface area contributed by atoms with Crippen molar-refractivity contribution in [3.8, 4) is 22.6 Å². The van der Waals surface area contributed by atoms with Gasteiger partial charge in [-0.1, -0.05) is 18.2 Å². The van der Waals surface area contributed by atoms with Crippen molar-refractivity contribution in [3.05, 3.63) is 36.4 Å². The van der Waals surface area contributed by atoms with Crippen molar-refractivity contribution in [3.63, 3.8) is 0 Å². The highest BCUT2D eigenvalue weighted by Crippen LogP contribution is 2.36. The third-order valence-electron chi connectivity index (χ3n) is 2.41. The summed E-state index contributed by atoms with van der Waals surface area (Å²) in [6, 6.07) is 9.84. The minimum atomic E-state index is -0.0145. The zero-order valence-corrected chi connectivity index (χ0v) is 8.51. The largest absolute Gasteiger partial charge is 0.506 e. The molecule has 2 aromatic carbocycles. The van der Waals surface area contributed by atoms with Gasteiger partial charge < -0.3 is 21.7 Å². The second-order valence-corrected chi connectivity index (χ2v) is 3.52. The van der Waals surface area contributed by atoms with E-state index in [1.807, 2.05) is 0 Å². The van der Waals surface area contributed by atoms with Crippen LogP contribution in [0, 0.1) is 0 Å². The van der Waals surface area contributed by atoms with Crippen LogP contribution >= 0.6 is 0 Å². The number of rotatable bonds is 1. The van der Waals surface area contributed by atoms with Crippen molar-refractivity contribution in [2.45, 2.75) is 0 Å². The Labute approximate surface area is 92.8 Å². The van der Waals surface area contributed by atoms with Crippen LogP contribution in [0.1, 0.15) is 0 Å². The van der Waals surface area contributed by atoms with E-state index in [9.17, 15) is 10.2 Å². The summed E-state index contributed by atoms with van der Waals surface area (Å²) in [7, 11) is 0. The van der Waals surface area contributed by atoms with Crippen LogP contribution in [-0.4, -0.2) is 10.2 Å². The molecule has 0 atom stereocenters. The van der Waals surface area contributed by atoms with E-state index < -0.39 is 0 Å². The summed E-state index contributed by atoms with van der Waals surface area (Å²) in [4.78, 5) is 0. The van der Waals surface area contributed by atoms with Gasteiger partial charge in [0.05, 0.1) is 11.4 Å². The van der Waals surface area contributed by atoms with Gasteiger partial charge in [0, 0.05) is 5.56 Å². The summed E-state index contributed by atoms with van der Waals surface area (Å²) in [5, 5.41) is 19.3. The van der Waals surface area contributed by atoms with Crippen LogP contribution in [0.3, 0.4) is 0 Å². The molecule has 0 aliphatic carbocycles. The summed E-state index contributed by atoms with van der Waals surface area (Å²) in [6.45, 7) is 0. The standard InChI is InChI=1S/C12H12N2O2/c13-9-5-4-7(6-11(9)15)8-2-1-3-10(14)12(8)16/h1-6,15-16H,13-14H2. The SMILES string of the molecule is Nc1ccc(-c2cccc(N)c2O)cc1O. The molecule has 0 heterocycles. The van der Waals surface area contributed by atoms with Crippen LogP contribution < -0.4 is 11.5 Å². The van der Waals surface area contributed by atoms with E-state index in [0.29, 0.717) is 22.5 Å². The molecule has 0 aliphatic heterocycles. The number of nitrogens with two attached hydrogens (primary N) is 2. The maximum Gasteiger partial charge on any atom is 0.146 e. The van der Waals surface area contributed by atoms with Gasteiger partial charge in [-0.05, 0) is 23.8 Å². The van der Waals surface area contributed by atoms with Crippen molar-refractivity contribution in [1.82, 2.24) is 0 Å². The van der Waals surface area contributed by atoms with Crippen LogP contribution in [0.2, 0.25) is 0 Å². The van der Waals surface area contributed by atoms with Gasteiger partial charge in [0.25, 0.3) is 0 Å². The van der Waals surface area contributed by atoms with Crippen molar-refractivity contribution < 1.29 is 10.2 Å². The molecule has 4 heteroatoms. The fraction of sp³-hybridized carbons (Fsp3) is 0. The molecule has 0 spiro atoms. The molecular formula is C12H12N2O2. The van der Waals surface area contributed by atoms with E-state index in [0.717, 1.165) is 0 Å². The molecule has 0 saturated carbocycles. The quantitative estimate of drug-likeness (QED) is 0.433. The summed E-state index contributed by atoms with van der Waals surface area (Å²) >= 11 is 0. The minimum absolute atomic E-state index is 0.00618. The van der Waals surface area contributed by atoms with E-state index in [-0.39, 0.29) is 11.5 Å². The Morgan fingerprint density at radius 3 is 2.31 bits per heavy atom. The van der Waals surface area contributed by atoms with Crippen LogP contribution in [0.5, 0.6) is 11.5 Å². The van der Waals surface area contributed by atoms with Crippen molar-refractivity contribution in [1.29, 1.82) is 0 Å². The van der Waals surface area contributed by atoms with Gasteiger partial charge in [-0.25, -0.2) is 0 Å². The van der Waals surface area contributed by atoms with E-state index in [1.54, 1.807) is 30.3 Å². The Morgan fingerprint density at radius 1 is 0.875 bits per heavy atom. The van der Waals surface area contributed by atoms with E-state index in [1.165, 1.54) is 6.07 Å². The molecule has 0 radical (unpaired) electrons. The first-order chi connectivity index (χ1) is 7.59. The number of phenolic OH excluding ortho intramolecular Hbond substituents is 2. The number of anilines is 2. The lowest BCUT2D eigenvalue weighted by Crippen LogP contribution is -1.89. The molecule has 0 fully saturated rings. The van der Waals surface area contributed by atoms with Gasteiger partial charge in [-0.15, -0.1) is 0 Å². The summed E-state index contributed by atoms with van der Waals surface area (Å²) in [6.07, 6.45) is 0. The number of aromatic hydroxyl groups is 2. The lowest BCUT2D eigenvalue weighted by Gasteiger charge is -2.08. The Kier molecular flexibility index (Phi) is 2.32. The van der Waals surface area contributed by atoms with E-state index >= 15 is 0 Å². The lowest BCUT2D eigenvalue weighted by molar-refractivity contribution is 0.477. The normalized spacial score (nSPS) is 10.2. The first-order valence-electron chi connectivity index (χ1n) is 4.76. The predicted molar refractivity (Wildman–Crippen MR) is 64.0 cm³/mol. The van der Waals surface area contributed by atoms with Crippen molar-refractivity contribution in [2.75, 3.05) is 11.5 Å². The first-order valence-corrected chi connectivity index (χ1v) is 4.76. The molecule has 2 rings (SSSR count). The Bertz CT molecular complexity index is 539. The molecule has 4 nitrogen and oxygen atoms in total. The van der Waals surface area contributed by atoms with Gasteiger partial charge in [0.1, 0.15) is 11.5 Å². The average molecular weight is 216 g/mol. The van der Waals surface area contributed by atoms with Crippen LogP contribution in [0.4, 0.5) is 11.4 Å². The molecule has 16 heavy (non-hydrogen) atoms. The fourth-order valence-electron chi connectivity index (χ4n) is 1.51. The fourth-order valence-corrected chi connectivity index (χ4v) is 1.51. The number of nitrogen functional groups attached to an aromatic ring is 2. The topological polar surface area (TPSA) is 92.5 Å². The maximum atomic E-state index is 9.77. The zero-order valence-electron chi connectivity index (χ0n) is 8.51. The molecule has 0 aromatic heterocycles. The number of benzene rings is 2. The highest BCUT2D eigenvalue weighted by atomic mass is 16.3. The highest BCUT2D eigenvalue weighted by molar-refractivity contribution is 5.78. The Balaban J connectivity index is 2.59. The van der Waals surface area contributed by atoms with Gasteiger partial charge in [-0.3, -0.25) is 0 Å². The smallest absolute Gasteiger partial charge is 0.146 e. The van der Waals surface area contributed by atoms with Gasteiger partial charge in [0.2, 0.25) is 0 Å². The third kappa shape index (κ3) is 1.61. The predicted octanol–water partition coefficient (Wildman–Crippen LogP) is 1.93. The number of hydrogen-bond donors (Lipinski definition) is 4. The monoisotopic (exact) mass is 216 g/mol. The maximum absolute atomic E-state index is 9.77. The second-order valence-electron chi connectivity index (χ2n) is 3.52. The summed E-state index contributed by atoms with van der Waals surface area (Å²) in [5.74, 6) is -0.00834.